The molecule has 0 unspecified atom stereocenters. The van der Waals surface area contributed by atoms with Crippen molar-refractivity contribution in [2.45, 2.75) is 22.8 Å². The number of esters is 1. The van der Waals surface area contributed by atoms with Gasteiger partial charge in [0.1, 0.15) is 11.5 Å². The normalized spacial score (nSPS) is 12.8. The number of nitrogens with one attached hydrogen (secondary N) is 1. The second kappa shape index (κ2) is 12.3. The van der Waals surface area contributed by atoms with Crippen LogP contribution in [0.5, 0.6) is 0 Å². The van der Waals surface area contributed by atoms with Crippen LogP contribution in [-0.2, 0) is 30.5 Å². The van der Waals surface area contributed by atoms with Gasteiger partial charge < -0.3 is 10.1 Å². The molecule has 1 amide bonds. The summed E-state index contributed by atoms with van der Waals surface area (Å²) in [5.41, 5.74) is 1.07. The Kier molecular flexibility index (Phi) is 8.64. The Hall–Kier alpha value is -4.03. The van der Waals surface area contributed by atoms with Crippen molar-refractivity contribution in [3.8, 4) is 0 Å². The van der Waals surface area contributed by atoms with Crippen LogP contribution in [0.15, 0.2) is 126 Å². The van der Waals surface area contributed by atoms with Crippen molar-refractivity contribution in [3.05, 3.63) is 138 Å². The third kappa shape index (κ3) is 5.70. The molecule has 0 saturated carbocycles. The van der Waals surface area contributed by atoms with E-state index in [1.54, 1.807) is 12.1 Å². The lowest BCUT2D eigenvalue weighted by molar-refractivity contribution is -0.145. The first-order valence-corrected chi connectivity index (χ1v) is 13.4. The van der Waals surface area contributed by atoms with E-state index in [0.717, 1.165) is 16.7 Å². The molecule has 2 atom stereocenters. The molecular formula is C31H29NO4S. The average molecular weight is 512 g/mol. The molecule has 4 rings (SSSR count). The topological polar surface area (TPSA) is 72.5 Å². The smallest absolute Gasteiger partial charge is 0.328 e. The summed E-state index contributed by atoms with van der Waals surface area (Å²) in [4.78, 5) is 27.9. The predicted molar refractivity (Wildman–Crippen MR) is 145 cm³/mol. The molecule has 4 aromatic rings. The summed E-state index contributed by atoms with van der Waals surface area (Å²) in [7, 11) is -0.0393. The van der Waals surface area contributed by atoms with E-state index in [1.807, 2.05) is 109 Å². The summed E-state index contributed by atoms with van der Waals surface area (Å²) in [6.45, 7) is 0. The zero-order chi connectivity index (χ0) is 26.1. The number of rotatable bonds is 10. The van der Waals surface area contributed by atoms with Crippen LogP contribution in [0.4, 0.5) is 0 Å². The van der Waals surface area contributed by atoms with Crippen LogP contribution in [0, 0.1) is 0 Å². The molecule has 37 heavy (non-hydrogen) atoms. The van der Waals surface area contributed by atoms with Gasteiger partial charge in [-0.25, -0.2) is 4.79 Å². The summed E-state index contributed by atoms with van der Waals surface area (Å²) in [5.74, 6) is -0.752. The monoisotopic (exact) mass is 511 g/mol. The lowest BCUT2D eigenvalue weighted by atomic mass is 9.68. The zero-order valence-corrected chi connectivity index (χ0v) is 21.4. The Morgan fingerprint density at radius 3 is 1.54 bits per heavy atom. The van der Waals surface area contributed by atoms with Crippen molar-refractivity contribution < 1.29 is 18.5 Å². The molecule has 0 radical (unpaired) electrons. The Bertz CT molecular complexity index is 1230. The third-order valence-corrected chi connectivity index (χ3v) is 7.75. The van der Waals surface area contributed by atoms with E-state index in [4.69, 9.17) is 4.74 Å². The molecule has 0 spiro atoms. The van der Waals surface area contributed by atoms with Gasteiger partial charge in [-0.2, -0.15) is 0 Å². The van der Waals surface area contributed by atoms with E-state index < -0.39 is 28.2 Å². The maximum absolute atomic E-state index is 14.4. The average Bonchev–Trinajstić information content (AvgIpc) is 2.97. The molecular weight excluding hydrogens is 482 g/mol. The van der Waals surface area contributed by atoms with Gasteiger partial charge in [-0.1, -0.05) is 109 Å². The summed E-state index contributed by atoms with van der Waals surface area (Å²) in [6.07, 6.45) is 0.161. The first kappa shape index (κ1) is 26.0. The van der Waals surface area contributed by atoms with Crippen molar-refractivity contribution in [2.75, 3.05) is 12.9 Å². The Labute approximate surface area is 220 Å². The van der Waals surface area contributed by atoms with Crippen molar-refractivity contribution in [2.24, 2.45) is 0 Å². The first-order chi connectivity index (χ1) is 18.1. The number of ether oxygens (including phenoxy) is 1. The maximum Gasteiger partial charge on any atom is 0.328 e. The second-order valence-corrected chi connectivity index (χ2v) is 10.1. The number of carbonyl (C=O) groups is 2. The Morgan fingerprint density at radius 2 is 1.14 bits per heavy atom. The lowest BCUT2D eigenvalue weighted by Crippen LogP contribution is -2.52. The minimum Gasteiger partial charge on any atom is -0.467 e. The van der Waals surface area contributed by atoms with Crippen LogP contribution in [0.25, 0.3) is 0 Å². The highest BCUT2D eigenvalue weighted by atomic mass is 32.2. The fraction of sp³-hybridized carbons (Fsp3) is 0.161. The molecule has 6 heteroatoms. The van der Waals surface area contributed by atoms with E-state index in [9.17, 15) is 13.8 Å². The standard InChI is InChI=1S/C31H29NO4S/c1-36-29(33)28(22-23-37(35)27-20-12-5-13-21-27)32-30(34)31(24-14-6-2-7-15-24,25-16-8-3-9-17-25)26-18-10-4-11-19-26/h2-21,28H,22-23H2,1H3,(H,32,34)/t28-,37-/m0/s1. The van der Waals surface area contributed by atoms with Crippen LogP contribution in [0.2, 0.25) is 0 Å². The zero-order valence-electron chi connectivity index (χ0n) is 20.6. The molecule has 0 saturated heterocycles. The number of benzene rings is 4. The SMILES string of the molecule is COC(=O)[C@H](CC[S@](=O)c1ccccc1)NC(=O)C(c1ccccc1)(c1ccccc1)c1ccccc1. The molecule has 0 heterocycles. The van der Waals surface area contributed by atoms with Crippen molar-refractivity contribution in [3.63, 3.8) is 0 Å². The van der Waals surface area contributed by atoms with E-state index in [0.29, 0.717) is 4.90 Å². The molecule has 5 nitrogen and oxygen atoms in total. The summed E-state index contributed by atoms with van der Waals surface area (Å²) < 4.78 is 17.9. The summed E-state index contributed by atoms with van der Waals surface area (Å²) >= 11 is 0. The number of carbonyl (C=O) groups excluding carboxylic acids is 2. The highest BCUT2D eigenvalue weighted by molar-refractivity contribution is 7.85. The van der Waals surface area contributed by atoms with Gasteiger partial charge in [0, 0.05) is 10.6 Å². The number of hydrogen-bond acceptors (Lipinski definition) is 4. The van der Waals surface area contributed by atoms with Crippen LogP contribution < -0.4 is 5.32 Å². The lowest BCUT2D eigenvalue weighted by Gasteiger charge is -2.35. The molecule has 0 fully saturated rings. The van der Waals surface area contributed by atoms with E-state index >= 15 is 0 Å². The number of hydrogen-bond donors (Lipinski definition) is 1. The molecule has 0 aliphatic carbocycles. The quantitative estimate of drug-likeness (QED) is 0.243. The molecule has 0 bridgehead atoms. The van der Waals surface area contributed by atoms with Crippen molar-refractivity contribution in [1.29, 1.82) is 0 Å². The predicted octanol–water partition coefficient (Wildman–Crippen LogP) is 4.88. The van der Waals surface area contributed by atoms with Crippen LogP contribution in [0.3, 0.4) is 0 Å². The van der Waals surface area contributed by atoms with Gasteiger partial charge in [-0.15, -0.1) is 0 Å². The van der Waals surface area contributed by atoms with Gasteiger partial charge in [0.15, 0.2) is 0 Å². The van der Waals surface area contributed by atoms with Crippen molar-refractivity contribution in [1.82, 2.24) is 5.32 Å². The van der Waals surface area contributed by atoms with Gasteiger partial charge in [0.25, 0.3) is 0 Å². The fourth-order valence-electron chi connectivity index (χ4n) is 4.53. The van der Waals surface area contributed by atoms with E-state index in [2.05, 4.69) is 5.32 Å². The first-order valence-electron chi connectivity index (χ1n) is 12.1. The second-order valence-electron chi connectivity index (χ2n) is 8.55. The van der Waals surface area contributed by atoms with Gasteiger partial charge in [-0.05, 0) is 35.2 Å². The number of methoxy groups -OCH3 is 1. The Morgan fingerprint density at radius 1 is 0.730 bits per heavy atom. The third-order valence-electron chi connectivity index (χ3n) is 6.35. The largest absolute Gasteiger partial charge is 0.467 e. The molecule has 4 aromatic carbocycles. The highest BCUT2D eigenvalue weighted by Crippen LogP contribution is 2.39. The molecule has 0 aromatic heterocycles. The Balaban J connectivity index is 1.74. The fourth-order valence-corrected chi connectivity index (χ4v) is 5.68. The van der Waals surface area contributed by atoms with E-state index in [-0.39, 0.29) is 18.1 Å². The molecule has 1 N–H and O–H groups in total. The number of amides is 1. The molecule has 0 aliphatic rings. The molecule has 188 valence electrons. The van der Waals surface area contributed by atoms with Crippen LogP contribution in [0.1, 0.15) is 23.1 Å². The highest BCUT2D eigenvalue weighted by Gasteiger charge is 2.45. The van der Waals surface area contributed by atoms with Gasteiger partial charge >= 0.3 is 5.97 Å². The van der Waals surface area contributed by atoms with E-state index in [1.165, 1.54) is 7.11 Å². The minimum absolute atomic E-state index is 0.161. The summed E-state index contributed by atoms with van der Waals surface area (Å²) in [6, 6.07) is 36.6. The minimum atomic E-state index is -1.33. The van der Waals surface area contributed by atoms with Crippen LogP contribution >= 0.6 is 0 Å². The summed E-state index contributed by atoms with van der Waals surface area (Å²) in [5, 5.41) is 2.96. The maximum atomic E-state index is 14.4. The van der Waals surface area contributed by atoms with Crippen LogP contribution in [-0.4, -0.2) is 35.0 Å². The van der Waals surface area contributed by atoms with Crippen molar-refractivity contribution >= 4 is 22.7 Å². The van der Waals surface area contributed by atoms with Gasteiger partial charge in [0.2, 0.25) is 5.91 Å². The van der Waals surface area contributed by atoms with Gasteiger partial charge in [-0.3, -0.25) is 9.00 Å². The molecule has 0 aliphatic heterocycles. The van der Waals surface area contributed by atoms with Gasteiger partial charge in [0.05, 0.1) is 17.9 Å².